The number of H-pyrrole nitrogens is 1. The Kier molecular flexibility index (Phi) is 2.71. The average Bonchev–Trinajstić information content (AvgIpc) is 2.97. The van der Waals surface area contributed by atoms with Crippen LogP contribution in [0.25, 0.3) is 21.8 Å². The monoisotopic (exact) mass is 273 g/mol. The van der Waals surface area contributed by atoms with E-state index in [1.165, 1.54) is 16.3 Å². The molecule has 0 fully saturated rings. The highest BCUT2D eigenvalue weighted by Gasteiger charge is 2.13. The van der Waals surface area contributed by atoms with Gasteiger partial charge in [-0.15, -0.1) is 0 Å². The highest BCUT2D eigenvalue weighted by atomic mass is 14.9. The van der Waals surface area contributed by atoms with Crippen molar-refractivity contribution < 1.29 is 0 Å². The minimum Gasteiger partial charge on any atom is -0.340 e. The molecule has 0 aliphatic carbocycles. The second-order valence-corrected chi connectivity index (χ2v) is 5.34. The molecule has 0 bridgehead atoms. The fourth-order valence-corrected chi connectivity index (χ4v) is 2.72. The lowest BCUT2D eigenvalue weighted by Gasteiger charge is -2.10. The number of rotatable bonds is 2. The van der Waals surface area contributed by atoms with Gasteiger partial charge in [-0.1, -0.05) is 49.4 Å². The van der Waals surface area contributed by atoms with Gasteiger partial charge in [0.05, 0.1) is 17.2 Å². The molecule has 0 spiro atoms. The normalized spacial score (nSPS) is 12.8. The van der Waals surface area contributed by atoms with Crippen LogP contribution < -0.4 is 0 Å². The summed E-state index contributed by atoms with van der Waals surface area (Å²) in [6, 6.07) is 16.9. The molecule has 0 saturated heterocycles. The average molecular weight is 273 g/mol. The van der Waals surface area contributed by atoms with Crippen LogP contribution in [0.5, 0.6) is 0 Å². The molecule has 3 nitrogen and oxygen atoms in total. The van der Waals surface area contributed by atoms with E-state index in [1.807, 2.05) is 12.3 Å². The first-order chi connectivity index (χ1) is 10.3. The van der Waals surface area contributed by atoms with Crippen molar-refractivity contribution in [3.63, 3.8) is 0 Å². The van der Waals surface area contributed by atoms with E-state index in [4.69, 9.17) is 0 Å². The zero-order valence-corrected chi connectivity index (χ0v) is 11.7. The summed E-state index contributed by atoms with van der Waals surface area (Å²) < 4.78 is 0. The van der Waals surface area contributed by atoms with Crippen LogP contribution in [-0.2, 0) is 0 Å². The topological polar surface area (TPSA) is 41.6 Å². The Balaban J connectivity index is 1.79. The molecule has 0 amide bonds. The van der Waals surface area contributed by atoms with Crippen molar-refractivity contribution in [2.24, 2.45) is 0 Å². The van der Waals surface area contributed by atoms with E-state index in [-0.39, 0.29) is 5.92 Å². The predicted octanol–water partition coefficient (Wildman–Crippen LogP) is 4.26. The summed E-state index contributed by atoms with van der Waals surface area (Å²) in [6.07, 6.45) is 3.59. The van der Waals surface area contributed by atoms with Gasteiger partial charge in [-0.25, -0.2) is 4.98 Å². The molecular formula is C18H15N3. The number of imidazole rings is 1. The van der Waals surface area contributed by atoms with Crippen LogP contribution >= 0.6 is 0 Å². The van der Waals surface area contributed by atoms with Crippen LogP contribution in [0.2, 0.25) is 0 Å². The summed E-state index contributed by atoms with van der Waals surface area (Å²) in [5, 5.41) is 2.53. The number of nitrogens with zero attached hydrogens (tertiary/aromatic N) is 2. The summed E-state index contributed by atoms with van der Waals surface area (Å²) in [7, 11) is 0. The molecule has 4 aromatic rings. The van der Waals surface area contributed by atoms with E-state index in [0.717, 1.165) is 16.9 Å². The van der Waals surface area contributed by atoms with Gasteiger partial charge in [-0.3, -0.25) is 4.98 Å². The van der Waals surface area contributed by atoms with Crippen molar-refractivity contribution in [1.82, 2.24) is 15.0 Å². The Labute approximate surface area is 122 Å². The molecule has 2 heterocycles. The SMILES string of the molecule is C[C@@H](c1ccc2ccccc2c1)c1nc2ccncc2[nH]1. The van der Waals surface area contributed by atoms with Gasteiger partial charge in [-0.2, -0.15) is 0 Å². The molecule has 102 valence electrons. The highest BCUT2D eigenvalue weighted by molar-refractivity contribution is 5.83. The number of hydrogen-bond donors (Lipinski definition) is 1. The zero-order chi connectivity index (χ0) is 14.2. The second kappa shape index (κ2) is 4.70. The summed E-state index contributed by atoms with van der Waals surface area (Å²) in [4.78, 5) is 12.2. The maximum Gasteiger partial charge on any atom is 0.114 e. The Hall–Kier alpha value is -2.68. The Morgan fingerprint density at radius 2 is 1.86 bits per heavy atom. The zero-order valence-electron chi connectivity index (χ0n) is 11.7. The summed E-state index contributed by atoms with van der Waals surface area (Å²) >= 11 is 0. The van der Waals surface area contributed by atoms with Crippen molar-refractivity contribution in [2.45, 2.75) is 12.8 Å². The van der Waals surface area contributed by atoms with Gasteiger partial charge in [0.2, 0.25) is 0 Å². The van der Waals surface area contributed by atoms with Crippen LogP contribution in [0, 0.1) is 0 Å². The molecular weight excluding hydrogens is 258 g/mol. The van der Waals surface area contributed by atoms with Gasteiger partial charge in [0.15, 0.2) is 0 Å². The minimum atomic E-state index is 0.224. The van der Waals surface area contributed by atoms with Gasteiger partial charge in [0.25, 0.3) is 0 Å². The summed E-state index contributed by atoms with van der Waals surface area (Å²) in [5.74, 6) is 1.20. The Bertz CT molecular complexity index is 891. The maximum atomic E-state index is 4.67. The molecule has 0 aliphatic rings. The quantitative estimate of drug-likeness (QED) is 0.593. The van der Waals surface area contributed by atoms with Crippen LogP contribution in [0.15, 0.2) is 60.9 Å². The van der Waals surface area contributed by atoms with E-state index >= 15 is 0 Å². The number of aromatic nitrogens is 3. The number of fused-ring (bicyclic) bond motifs is 2. The molecule has 0 aliphatic heterocycles. The van der Waals surface area contributed by atoms with Gasteiger partial charge >= 0.3 is 0 Å². The number of hydrogen-bond acceptors (Lipinski definition) is 2. The molecule has 3 heteroatoms. The van der Waals surface area contributed by atoms with Crippen LogP contribution in [-0.4, -0.2) is 15.0 Å². The maximum absolute atomic E-state index is 4.67. The van der Waals surface area contributed by atoms with E-state index in [2.05, 4.69) is 64.3 Å². The van der Waals surface area contributed by atoms with Crippen LogP contribution in [0.1, 0.15) is 24.2 Å². The van der Waals surface area contributed by atoms with Crippen LogP contribution in [0.4, 0.5) is 0 Å². The van der Waals surface area contributed by atoms with Gasteiger partial charge in [0.1, 0.15) is 5.82 Å². The molecule has 2 aromatic heterocycles. The van der Waals surface area contributed by atoms with Crippen molar-refractivity contribution in [3.8, 4) is 0 Å². The lowest BCUT2D eigenvalue weighted by molar-refractivity contribution is 0.847. The van der Waals surface area contributed by atoms with E-state index in [0.29, 0.717) is 0 Å². The standard InChI is InChI=1S/C18H15N3/c1-12(18-20-16-8-9-19-11-17(16)21-18)14-7-6-13-4-2-3-5-15(13)10-14/h2-12H,1H3,(H,20,21)/t12-/m0/s1. The van der Waals surface area contributed by atoms with Crippen LogP contribution in [0.3, 0.4) is 0 Å². The lowest BCUT2D eigenvalue weighted by atomic mass is 9.97. The Morgan fingerprint density at radius 1 is 1.00 bits per heavy atom. The summed E-state index contributed by atoms with van der Waals surface area (Å²) in [6.45, 7) is 2.18. The largest absolute Gasteiger partial charge is 0.340 e. The van der Waals surface area contributed by atoms with Gasteiger partial charge in [-0.05, 0) is 22.4 Å². The molecule has 1 atom stereocenters. The van der Waals surface area contributed by atoms with E-state index in [1.54, 1.807) is 6.20 Å². The van der Waals surface area contributed by atoms with Crippen molar-refractivity contribution >= 4 is 21.8 Å². The third-order valence-electron chi connectivity index (χ3n) is 3.99. The number of benzene rings is 2. The Morgan fingerprint density at radius 3 is 2.71 bits per heavy atom. The fraction of sp³-hybridized carbons (Fsp3) is 0.111. The summed E-state index contributed by atoms with van der Waals surface area (Å²) in [5.41, 5.74) is 3.22. The number of nitrogens with one attached hydrogen (secondary N) is 1. The molecule has 0 radical (unpaired) electrons. The first-order valence-corrected chi connectivity index (χ1v) is 7.09. The molecule has 21 heavy (non-hydrogen) atoms. The molecule has 0 unspecified atom stereocenters. The third-order valence-corrected chi connectivity index (χ3v) is 3.99. The van der Waals surface area contributed by atoms with Crippen molar-refractivity contribution in [2.75, 3.05) is 0 Å². The first kappa shape index (κ1) is 12.1. The van der Waals surface area contributed by atoms with Gasteiger partial charge in [0, 0.05) is 12.1 Å². The minimum absolute atomic E-state index is 0.224. The van der Waals surface area contributed by atoms with Gasteiger partial charge < -0.3 is 4.98 Å². The molecule has 1 N–H and O–H groups in total. The molecule has 4 rings (SSSR count). The highest BCUT2D eigenvalue weighted by Crippen LogP contribution is 2.26. The van der Waals surface area contributed by atoms with Crippen molar-refractivity contribution in [1.29, 1.82) is 0 Å². The first-order valence-electron chi connectivity index (χ1n) is 7.09. The third kappa shape index (κ3) is 2.07. The molecule has 0 saturated carbocycles. The molecule has 2 aromatic carbocycles. The lowest BCUT2D eigenvalue weighted by Crippen LogP contribution is -1.98. The predicted molar refractivity (Wildman–Crippen MR) is 85.4 cm³/mol. The second-order valence-electron chi connectivity index (χ2n) is 5.34. The van der Waals surface area contributed by atoms with Crippen molar-refractivity contribution in [3.05, 3.63) is 72.3 Å². The van der Waals surface area contributed by atoms with E-state index < -0.39 is 0 Å². The van der Waals surface area contributed by atoms with E-state index in [9.17, 15) is 0 Å². The number of pyridine rings is 1. The smallest absolute Gasteiger partial charge is 0.114 e. The fourth-order valence-electron chi connectivity index (χ4n) is 2.72. The number of aromatic amines is 1.